The fourth-order valence-corrected chi connectivity index (χ4v) is 2.69. The van der Waals surface area contributed by atoms with Gasteiger partial charge in [0.25, 0.3) is 5.91 Å². The van der Waals surface area contributed by atoms with Crippen LogP contribution in [0.1, 0.15) is 12.5 Å². The second kappa shape index (κ2) is 6.72. The molecule has 132 valence electrons. The number of aliphatic hydroxyl groups excluding tert-OH is 1. The molecule has 2 aromatic rings. The van der Waals surface area contributed by atoms with Crippen molar-refractivity contribution in [1.82, 2.24) is 0 Å². The van der Waals surface area contributed by atoms with Gasteiger partial charge in [0.05, 0.1) is 18.4 Å². The third-order valence-electron chi connectivity index (χ3n) is 3.86. The van der Waals surface area contributed by atoms with Gasteiger partial charge in [0, 0.05) is 18.7 Å². The van der Waals surface area contributed by atoms with Gasteiger partial charge in [0.15, 0.2) is 5.76 Å². The summed E-state index contributed by atoms with van der Waals surface area (Å²) in [6, 6.07) is 12.7. The first-order valence-corrected chi connectivity index (χ1v) is 7.76. The molecule has 0 saturated heterocycles. The van der Waals surface area contributed by atoms with Crippen LogP contribution in [0.4, 0.5) is 11.4 Å². The number of hydrogen-bond donors (Lipinski definition) is 2. The number of carbonyl (C=O) groups excluding carboxylic acids is 3. The molecule has 2 N–H and O–H groups in total. The first kappa shape index (κ1) is 17.2. The Morgan fingerprint density at radius 3 is 2.38 bits per heavy atom. The largest absolute Gasteiger partial charge is 0.502 e. The van der Waals surface area contributed by atoms with Crippen LogP contribution < -0.4 is 15.0 Å². The van der Waals surface area contributed by atoms with Crippen molar-refractivity contribution >= 4 is 34.7 Å². The van der Waals surface area contributed by atoms with Crippen LogP contribution in [-0.2, 0) is 14.4 Å². The predicted octanol–water partition coefficient (Wildman–Crippen LogP) is 2.50. The Bertz CT molecular complexity index is 931. The second-order valence-corrected chi connectivity index (χ2v) is 5.63. The highest BCUT2D eigenvalue weighted by atomic mass is 16.5. The third-order valence-corrected chi connectivity index (χ3v) is 3.86. The number of rotatable bonds is 4. The van der Waals surface area contributed by atoms with Crippen LogP contribution in [-0.4, -0.2) is 29.9 Å². The van der Waals surface area contributed by atoms with E-state index in [0.717, 1.165) is 4.90 Å². The molecule has 0 atom stereocenters. The maximum atomic E-state index is 12.8. The van der Waals surface area contributed by atoms with Crippen molar-refractivity contribution in [2.24, 2.45) is 0 Å². The van der Waals surface area contributed by atoms with Crippen LogP contribution in [0.3, 0.4) is 0 Å². The molecule has 7 nitrogen and oxygen atoms in total. The van der Waals surface area contributed by atoms with Crippen LogP contribution in [0, 0.1) is 0 Å². The summed E-state index contributed by atoms with van der Waals surface area (Å²) in [4.78, 5) is 37.2. The summed E-state index contributed by atoms with van der Waals surface area (Å²) in [7, 11) is 1.48. The average molecular weight is 352 g/mol. The van der Waals surface area contributed by atoms with Gasteiger partial charge in [-0.05, 0) is 29.8 Å². The Morgan fingerprint density at radius 2 is 1.77 bits per heavy atom. The molecule has 1 aliphatic rings. The number of methoxy groups -OCH3 is 1. The smallest absolute Gasteiger partial charge is 0.301 e. The maximum absolute atomic E-state index is 12.8. The molecule has 3 amide bonds. The van der Waals surface area contributed by atoms with Crippen molar-refractivity contribution in [2.45, 2.75) is 6.92 Å². The molecule has 0 radical (unpaired) electrons. The molecule has 0 aromatic heterocycles. The monoisotopic (exact) mass is 352 g/mol. The van der Waals surface area contributed by atoms with E-state index in [4.69, 9.17) is 4.74 Å². The van der Waals surface area contributed by atoms with E-state index >= 15 is 0 Å². The number of hydrogen-bond acceptors (Lipinski definition) is 5. The maximum Gasteiger partial charge on any atom is 0.301 e. The minimum atomic E-state index is -0.802. The second-order valence-electron chi connectivity index (χ2n) is 5.63. The predicted molar refractivity (Wildman–Crippen MR) is 95.8 cm³/mol. The standard InChI is InChI=1S/C19H16N2O5/c1-11(22)20-13-8-6-12(7-9-13)16-17(23)19(25)21(18(16)24)14-4-3-5-15(10-14)26-2/h3-10,23H,1-2H3,(H,20,22). The van der Waals surface area contributed by atoms with Gasteiger partial charge in [-0.1, -0.05) is 18.2 Å². The number of nitrogens with zero attached hydrogens (tertiary/aromatic N) is 1. The molecule has 1 aliphatic heterocycles. The lowest BCUT2D eigenvalue weighted by molar-refractivity contribution is -0.121. The summed E-state index contributed by atoms with van der Waals surface area (Å²) in [6.07, 6.45) is 0. The van der Waals surface area contributed by atoms with E-state index in [-0.39, 0.29) is 11.5 Å². The van der Waals surface area contributed by atoms with Crippen molar-refractivity contribution < 1.29 is 24.2 Å². The molecule has 3 rings (SSSR count). The van der Waals surface area contributed by atoms with E-state index < -0.39 is 17.6 Å². The van der Waals surface area contributed by atoms with Crippen LogP contribution >= 0.6 is 0 Å². The fraction of sp³-hybridized carbons (Fsp3) is 0.105. The van der Waals surface area contributed by atoms with E-state index in [0.29, 0.717) is 22.7 Å². The number of ether oxygens (including phenoxy) is 1. The molecule has 0 aliphatic carbocycles. The van der Waals surface area contributed by atoms with Gasteiger partial charge < -0.3 is 15.2 Å². The summed E-state index contributed by atoms with van der Waals surface area (Å²) in [5, 5.41) is 12.8. The van der Waals surface area contributed by atoms with Crippen molar-refractivity contribution in [3.63, 3.8) is 0 Å². The molecular weight excluding hydrogens is 336 g/mol. The van der Waals surface area contributed by atoms with Crippen LogP contribution in [0.25, 0.3) is 5.57 Å². The molecule has 0 unspecified atom stereocenters. The summed E-state index contributed by atoms with van der Waals surface area (Å²) in [5.74, 6) is -1.80. The van der Waals surface area contributed by atoms with E-state index in [1.54, 1.807) is 42.5 Å². The van der Waals surface area contributed by atoms with Crippen LogP contribution in [0.2, 0.25) is 0 Å². The Morgan fingerprint density at radius 1 is 1.08 bits per heavy atom. The summed E-state index contributed by atoms with van der Waals surface area (Å²) in [6.45, 7) is 1.38. The number of imide groups is 1. The lowest BCUT2D eigenvalue weighted by Gasteiger charge is -2.15. The zero-order valence-corrected chi connectivity index (χ0v) is 14.1. The molecule has 7 heteroatoms. The average Bonchev–Trinajstić information content (AvgIpc) is 2.84. The van der Waals surface area contributed by atoms with Gasteiger partial charge in [-0.2, -0.15) is 0 Å². The Balaban J connectivity index is 1.95. The molecule has 1 heterocycles. The quantitative estimate of drug-likeness (QED) is 0.824. The molecule has 0 bridgehead atoms. The first-order chi connectivity index (χ1) is 12.4. The van der Waals surface area contributed by atoms with E-state index in [1.165, 1.54) is 20.1 Å². The lowest BCUT2D eigenvalue weighted by atomic mass is 10.1. The number of anilines is 2. The van der Waals surface area contributed by atoms with E-state index in [2.05, 4.69) is 5.32 Å². The van der Waals surface area contributed by atoms with Gasteiger partial charge in [0.2, 0.25) is 5.91 Å². The number of nitrogens with one attached hydrogen (secondary N) is 1. The summed E-state index contributed by atoms with van der Waals surface area (Å²) >= 11 is 0. The Hall–Kier alpha value is -3.61. The Labute approximate surface area is 149 Å². The molecule has 0 spiro atoms. The SMILES string of the molecule is COc1cccc(N2C(=O)C(O)=C(c3ccc(NC(C)=O)cc3)C2=O)c1. The summed E-state index contributed by atoms with van der Waals surface area (Å²) in [5.41, 5.74) is 1.13. The highest BCUT2D eigenvalue weighted by molar-refractivity contribution is 6.44. The molecular formula is C19H16N2O5. The van der Waals surface area contributed by atoms with Gasteiger partial charge >= 0.3 is 5.91 Å². The topological polar surface area (TPSA) is 95.9 Å². The summed E-state index contributed by atoms with van der Waals surface area (Å²) < 4.78 is 5.11. The highest BCUT2D eigenvalue weighted by Gasteiger charge is 2.40. The van der Waals surface area contributed by atoms with Gasteiger partial charge in [-0.3, -0.25) is 14.4 Å². The minimum Gasteiger partial charge on any atom is -0.502 e. The number of benzene rings is 2. The molecule has 0 fully saturated rings. The van der Waals surface area contributed by atoms with Gasteiger partial charge in [0.1, 0.15) is 5.75 Å². The van der Waals surface area contributed by atoms with Crippen LogP contribution in [0.15, 0.2) is 54.3 Å². The first-order valence-electron chi connectivity index (χ1n) is 7.76. The van der Waals surface area contributed by atoms with Gasteiger partial charge in [-0.25, -0.2) is 4.90 Å². The lowest BCUT2D eigenvalue weighted by Crippen LogP contribution is -2.31. The van der Waals surface area contributed by atoms with E-state index in [1.807, 2.05) is 0 Å². The zero-order chi connectivity index (χ0) is 18.8. The number of carbonyl (C=O) groups is 3. The third kappa shape index (κ3) is 3.02. The van der Waals surface area contributed by atoms with Gasteiger partial charge in [-0.15, -0.1) is 0 Å². The normalized spacial score (nSPS) is 14.0. The van der Waals surface area contributed by atoms with Crippen molar-refractivity contribution in [2.75, 3.05) is 17.3 Å². The van der Waals surface area contributed by atoms with Crippen molar-refractivity contribution in [3.8, 4) is 5.75 Å². The molecule has 2 aromatic carbocycles. The van der Waals surface area contributed by atoms with E-state index in [9.17, 15) is 19.5 Å². The van der Waals surface area contributed by atoms with Crippen molar-refractivity contribution in [1.29, 1.82) is 0 Å². The fourth-order valence-electron chi connectivity index (χ4n) is 2.69. The van der Waals surface area contributed by atoms with Crippen LogP contribution in [0.5, 0.6) is 5.75 Å². The Kier molecular flexibility index (Phi) is 4.45. The minimum absolute atomic E-state index is 0.0906. The number of aliphatic hydroxyl groups is 1. The molecule has 0 saturated carbocycles. The highest BCUT2D eigenvalue weighted by Crippen LogP contribution is 2.33. The van der Waals surface area contributed by atoms with Crippen molar-refractivity contribution in [3.05, 3.63) is 59.9 Å². The number of amides is 3. The zero-order valence-electron chi connectivity index (χ0n) is 14.1. The molecule has 26 heavy (non-hydrogen) atoms.